The molecular formula is C14H21FN2. The van der Waals surface area contributed by atoms with E-state index in [1.807, 2.05) is 12.1 Å². The fourth-order valence-electron chi connectivity index (χ4n) is 2.77. The third kappa shape index (κ3) is 3.05. The third-order valence-corrected chi connectivity index (χ3v) is 3.71. The molecule has 0 saturated carbocycles. The van der Waals surface area contributed by atoms with Gasteiger partial charge in [0, 0.05) is 18.6 Å². The zero-order valence-electron chi connectivity index (χ0n) is 10.4. The largest absolute Gasteiger partial charge is 0.329 e. The van der Waals surface area contributed by atoms with E-state index in [-0.39, 0.29) is 5.82 Å². The van der Waals surface area contributed by atoms with Crippen molar-refractivity contribution in [1.82, 2.24) is 4.90 Å². The van der Waals surface area contributed by atoms with Gasteiger partial charge in [-0.05, 0) is 50.4 Å². The summed E-state index contributed by atoms with van der Waals surface area (Å²) < 4.78 is 12.8. The number of hydrogen-bond donors (Lipinski definition) is 1. The first kappa shape index (κ1) is 12.5. The van der Waals surface area contributed by atoms with Crippen LogP contribution in [0, 0.1) is 5.82 Å². The summed E-state index contributed by atoms with van der Waals surface area (Å²) in [5.74, 6) is -0.164. The van der Waals surface area contributed by atoms with Crippen LogP contribution >= 0.6 is 0 Å². The number of nitrogens with zero attached hydrogens (tertiary/aromatic N) is 1. The molecule has 2 atom stereocenters. The van der Waals surface area contributed by atoms with Crippen molar-refractivity contribution in [1.29, 1.82) is 0 Å². The number of nitrogens with two attached hydrogens (primary N) is 1. The minimum atomic E-state index is -0.164. The molecule has 0 spiro atoms. The van der Waals surface area contributed by atoms with E-state index >= 15 is 0 Å². The van der Waals surface area contributed by atoms with Gasteiger partial charge in [0.05, 0.1) is 0 Å². The fourth-order valence-corrected chi connectivity index (χ4v) is 2.77. The van der Waals surface area contributed by atoms with Gasteiger partial charge in [-0.15, -0.1) is 0 Å². The molecule has 94 valence electrons. The molecule has 17 heavy (non-hydrogen) atoms. The molecule has 1 aliphatic rings. The van der Waals surface area contributed by atoms with E-state index in [4.69, 9.17) is 5.73 Å². The Balaban J connectivity index is 1.96. The van der Waals surface area contributed by atoms with Crippen LogP contribution < -0.4 is 5.73 Å². The highest BCUT2D eigenvalue weighted by molar-refractivity contribution is 5.17. The molecule has 0 unspecified atom stereocenters. The molecule has 2 rings (SSSR count). The molecule has 0 radical (unpaired) electrons. The molecule has 0 amide bonds. The van der Waals surface area contributed by atoms with E-state index < -0.39 is 0 Å². The van der Waals surface area contributed by atoms with Crippen LogP contribution in [0.25, 0.3) is 0 Å². The summed E-state index contributed by atoms with van der Waals surface area (Å²) in [5.41, 5.74) is 6.98. The zero-order chi connectivity index (χ0) is 12.3. The average molecular weight is 236 g/mol. The van der Waals surface area contributed by atoms with E-state index in [2.05, 4.69) is 11.8 Å². The summed E-state index contributed by atoms with van der Waals surface area (Å²) in [4.78, 5) is 2.49. The Hall–Kier alpha value is -0.930. The Morgan fingerprint density at radius 1 is 1.41 bits per heavy atom. The fraction of sp³-hybridized carbons (Fsp3) is 0.571. The van der Waals surface area contributed by atoms with Crippen LogP contribution in [0.2, 0.25) is 0 Å². The molecule has 1 heterocycles. The molecule has 1 aliphatic heterocycles. The number of rotatable bonds is 4. The Bertz CT molecular complexity index is 350. The van der Waals surface area contributed by atoms with Crippen molar-refractivity contribution in [3.63, 3.8) is 0 Å². The molecule has 1 aromatic rings. The van der Waals surface area contributed by atoms with Crippen LogP contribution in [-0.4, -0.2) is 30.1 Å². The maximum atomic E-state index is 12.8. The first-order valence-electron chi connectivity index (χ1n) is 6.41. The Kier molecular flexibility index (Phi) is 4.13. The molecule has 3 heteroatoms. The predicted octanol–water partition coefficient (Wildman–Crippen LogP) is 2.18. The summed E-state index contributed by atoms with van der Waals surface area (Å²) in [7, 11) is 0. The minimum Gasteiger partial charge on any atom is -0.329 e. The highest BCUT2D eigenvalue weighted by atomic mass is 19.1. The van der Waals surface area contributed by atoms with Crippen LogP contribution in [0.5, 0.6) is 0 Å². The van der Waals surface area contributed by atoms with Crippen molar-refractivity contribution >= 4 is 0 Å². The highest BCUT2D eigenvalue weighted by Gasteiger charge is 2.27. The molecule has 1 saturated heterocycles. The number of halogens is 1. The molecule has 0 aliphatic carbocycles. The number of benzene rings is 1. The van der Waals surface area contributed by atoms with Gasteiger partial charge in [0.15, 0.2) is 0 Å². The normalized spacial score (nSPS) is 22.9. The van der Waals surface area contributed by atoms with Gasteiger partial charge in [0.2, 0.25) is 0 Å². The summed E-state index contributed by atoms with van der Waals surface area (Å²) in [6, 6.07) is 7.83. The second kappa shape index (κ2) is 5.61. The lowest BCUT2D eigenvalue weighted by atomic mass is 10.1. The van der Waals surface area contributed by atoms with Crippen molar-refractivity contribution in [2.45, 2.75) is 38.3 Å². The van der Waals surface area contributed by atoms with E-state index in [0.29, 0.717) is 12.1 Å². The van der Waals surface area contributed by atoms with Crippen molar-refractivity contribution in [2.75, 3.05) is 13.1 Å². The van der Waals surface area contributed by atoms with E-state index in [1.54, 1.807) is 0 Å². The molecule has 1 fully saturated rings. The standard InChI is InChI=1S/C14H21FN2/c1-11(17-8-2-3-14(17)10-16)9-12-4-6-13(15)7-5-12/h4-7,11,14H,2-3,8-10,16H2,1H3/t11-,14+/m1/s1. The van der Waals surface area contributed by atoms with Gasteiger partial charge in [0.1, 0.15) is 5.82 Å². The summed E-state index contributed by atoms with van der Waals surface area (Å²) >= 11 is 0. The molecule has 1 aromatic carbocycles. The number of likely N-dealkylation sites (tertiary alicyclic amines) is 1. The first-order valence-corrected chi connectivity index (χ1v) is 6.41. The topological polar surface area (TPSA) is 29.3 Å². The maximum absolute atomic E-state index is 12.8. The van der Waals surface area contributed by atoms with Crippen LogP contribution in [-0.2, 0) is 6.42 Å². The Labute approximate surface area is 103 Å². The van der Waals surface area contributed by atoms with Crippen LogP contribution in [0.4, 0.5) is 4.39 Å². The Morgan fingerprint density at radius 2 is 2.12 bits per heavy atom. The smallest absolute Gasteiger partial charge is 0.123 e. The van der Waals surface area contributed by atoms with Crippen molar-refractivity contribution < 1.29 is 4.39 Å². The van der Waals surface area contributed by atoms with Gasteiger partial charge in [-0.1, -0.05) is 12.1 Å². The Morgan fingerprint density at radius 3 is 2.76 bits per heavy atom. The highest BCUT2D eigenvalue weighted by Crippen LogP contribution is 2.21. The molecular weight excluding hydrogens is 215 g/mol. The molecule has 0 aromatic heterocycles. The average Bonchev–Trinajstić information content (AvgIpc) is 2.80. The molecule has 0 bridgehead atoms. The van der Waals surface area contributed by atoms with Gasteiger partial charge in [-0.3, -0.25) is 4.90 Å². The van der Waals surface area contributed by atoms with Gasteiger partial charge in [-0.25, -0.2) is 4.39 Å². The monoisotopic (exact) mass is 236 g/mol. The lowest BCUT2D eigenvalue weighted by Crippen LogP contribution is -2.42. The second-order valence-corrected chi connectivity index (χ2v) is 4.95. The lowest BCUT2D eigenvalue weighted by molar-refractivity contribution is 0.194. The summed E-state index contributed by atoms with van der Waals surface area (Å²) in [5, 5.41) is 0. The van der Waals surface area contributed by atoms with Gasteiger partial charge < -0.3 is 5.73 Å². The minimum absolute atomic E-state index is 0.164. The zero-order valence-corrected chi connectivity index (χ0v) is 10.4. The van der Waals surface area contributed by atoms with E-state index in [1.165, 1.54) is 30.5 Å². The molecule has 2 nitrogen and oxygen atoms in total. The van der Waals surface area contributed by atoms with Crippen molar-refractivity contribution in [3.05, 3.63) is 35.6 Å². The SMILES string of the molecule is C[C@H](Cc1ccc(F)cc1)N1CCC[C@H]1CN. The van der Waals surface area contributed by atoms with Gasteiger partial charge >= 0.3 is 0 Å². The van der Waals surface area contributed by atoms with Crippen LogP contribution in [0.1, 0.15) is 25.3 Å². The lowest BCUT2D eigenvalue weighted by Gasteiger charge is -2.30. The quantitative estimate of drug-likeness (QED) is 0.868. The van der Waals surface area contributed by atoms with E-state index in [0.717, 1.165) is 19.5 Å². The van der Waals surface area contributed by atoms with Crippen LogP contribution in [0.15, 0.2) is 24.3 Å². The summed E-state index contributed by atoms with van der Waals surface area (Å²) in [6.45, 7) is 4.12. The van der Waals surface area contributed by atoms with Crippen molar-refractivity contribution in [3.8, 4) is 0 Å². The van der Waals surface area contributed by atoms with E-state index in [9.17, 15) is 4.39 Å². The first-order chi connectivity index (χ1) is 8.20. The maximum Gasteiger partial charge on any atom is 0.123 e. The van der Waals surface area contributed by atoms with Crippen LogP contribution in [0.3, 0.4) is 0 Å². The van der Waals surface area contributed by atoms with Gasteiger partial charge in [0.25, 0.3) is 0 Å². The van der Waals surface area contributed by atoms with Gasteiger partial charge in [-0.2, -0.15) is 0 Å². The number of hydrogen-bond acceptors (Lipinski definition) is 2. The summed E-state index contributed by atoms with van der Waals surface area (Å²) in [6.07, 6.45) is 3.43. The van der Waals surface area contributed by atoms with Crippen molar-refractivity contribution in [2.24, 2.45) is 5.73 Å². The molecule has 2 N–H and O–H groups in total. The third-order valence-electron chi connectivity index (χ3n) is 3.71. The predicted molar refractivity (Wildman–Crippen MR) is 68.3 cm³/mol. The second-order valence-electron chi connectivity index (χ2n) is 4.95.